The fourth-order valence-electron chi connectivity index (χ4n) is 3.24. The van der Waals surface area contributed by atoms with Crippen molar-refractivity contribution in [3.05, 3.63) is 82.7 Å². The molecule has 0 saturated carbocycles. The zero-order chi connectivity index (χ0) is 23.1. The summed E-state index contributed by atoms with van der Waals surface area (Å²) in [5, 5.41) is 6.71. The molecule has 7 heteroatoms. The second-order valence-corrected chi connectivity index (χ2v) is 8.15. The highest BCUT2D eigenvalue weighted by molar-refractivity contribution is 5.94. The highest BCUT2D eigenvalue weighted by Gasteiger charge is 2.20. The van der Waals surface area contributed by atoms with Crippen molar-refractivity contribution < 1.29 is 18.8 Å². The van der Waals surface area contributed by atoms with Gasteiger partial charge in [0.1, 0.15) is 5.75 Å². The predicted molar refractivity (Wildman–Crippen MR) is 121 cm³/mol. The number of nitrogens with zero attached hydrogens (tertiary/aromatic N) is 2. The maximum absolute atomic E-state index is 13.0. The summed E-state index contributed by atoms with van der Waals surface area (Å²) < 4.78 is 10.5. The lowest BCUT2D eigenvalue weighted by Gasteiger charge is -2.23. The number of nitrogens with one attached hydrogen (secondary N) is 1. The molecule has 3 rings (SSSR count). The molecule has 0 fully saturated rings. The van der Waals surface area contributed by atoms with Gasteiger partial charge < -0.3 is 19.5 Å². The van der Waals surface area contributed by atoms with E-state index in [1.54, 1.807) is 18.1 Å². The molecule has 32 heavy (non-hydrogen) atoms. The zero-order valence-electron chi connectivity index (χ0n) is 18.9. The minimum Gasteiger partial charge on any atom is -0.497 e. The van der Waals surface area contributed by atoms with Crippen molar-refractivity contribution >= 4 is 11.8 Å². The molecule has 1 N–H and O–H groups in total. The summed E-state index contributed by atoms with van der Waals surface area (Å²) >= 11 is 0. The van der Waals surface area contributed by atoms with Crippen LogP contribution >= 0.6 is 0 Å². The van der Waals surface area contributed by atoms with Crippen molar-refractivity contribution in [2.45, 2.75) is 33.9 Å². The summed E-state index contributed by atoms with van der Waals surface area (Å²) in [6.45, 7) is 7.24. The largest absolute Gasteiger partial charge is 0.497 e. The van der Waals surface area contributed by atoms with E-state index in [9.17, 15) is 9.59 Å². The Labute approximate surface area is 188 Å². The van der Waals surface area contributed by atoms with Crippen LogP contribution in [0.1, 0.15) is 51.6 Å². The van der Waals surface area contributed by atoms with E-state index < -0.39 is 0 Å². The number of carbonyl (C=O) groups is 2. The zero-order valence-corrected chi connectivity index (χ0v) is 18.9. The van der Waals surface area contributed by atoms with E-state index in [1.807, 2.05) is 69.3 Å². The fourth-order valence-corrected chi connectivity index (χ4v) is 3.24. The molecule has 0 bridgehead atoms. The second-order valence-electron chi connectivity index (χ2n) is 8.15. The topological polar surface area (TPSA) is 84.7 Å². The van der Waals surface area contributed by atoms with Crippen LogP contribution in [0.2, 0.25) is 0 Å². The van der Waals surface area contributed by atoms with Crippen molar-refractivity contribution in [3.63, 3.8) is 0 Å². The van der Waals surface area contributed by atoms with Gasteiger partial charge in [0.25, 0.3) is 11.8 Å². The summed E-state index contributed by atoms with van der Waals surface area (Å²) in [6.07, 6.45) is 0. The molecule has 3 aromatic rings. The highest BCUT2D eigenvalue weighted by atomic mass is 16.5. The van der Waals surface area contributed by atoms with Crippen LogP contribution in [0.15, 0.2) is 59.1 Å². The Morgan fingerprint density at radius 2 is 1.78 bits per heavy atom. The molecule has 0 radical (unpaired) electrons. The van der Waals surface area contributed by atoms with Gasteiger partial charge in [-0.25, -0.2) is 0 Å². The summed E-state index contributed by atoms with van der Waals surface area (Å²) in [5.74, 6) is 1.07. The normalized spacial score (nSPS) is 10.8. The van der Waals surface area contributed by atoms with Crippen LogP contribution in [0.5, 0.6) is 5.75 Å². The van der Waals surface area contributed by atoms with Gasteiger partial charge in [0.2, 0.25) is 0 Å². The maximum atomic E-state index is 13.0. The molecular weight excluding hydrogens is 406 g/mol. The van der Waals surface area contributed by atoms with Crippen LogP contribution in [0.4, 0.5) is 0 Å². The monoisotopic (exact) mass is 435 g/mol. The van der Waals surface area contributed by atoms with E-state index in [0.717, 1.165) is 16.9 Å². The number of rotatable bonds is 9. The number of aromatic nitrogens is 1. The first-order valence-electron chi connectivity index (χ1n) is 10.6. The third kappa shape index (κ3) is 6.20. The molecule has 0 saturated heterocycles. The predicted octanol–water partition coefficient (Wildman–Crippen LogP) is 4.22. The minimum atomic E-state index is -0.337. The Morgan fingerprint density at radius 3 is 2.41 bits per heavy atom. The molecule has 0 aliphatic rings. The van der Waals surface area contributed by atoms with Gasteiger partial charge in [-0.05, 0) is 42.7 Å². The molecule has 1 aromatic heterocycles. The van der Waals surface area contributed by atoms with Gasteiger partial charge in [0.15, 0.2) is 11.5 Å². The van der Waals surface area contributed by atoms with Crippen LogP contribution < -0.4 is 10.1 Å². The van der Waals surface area contributed by atoms with Crippen LogP contribution in [-0.4, -0.2) is 35.5 Å². The van der Waals surface area contributed by atoms with Crippen molar-refractivity contribution in [2.24, 2.45) is 5.92 Å². The minimum absolute atomic E-state index is 0.0828. The van der Waals surface area contributed by atoms with Gasteiger partial charge in [0.05, 0.1) is 13.7 Å². The molecule has 2 aromatic carbocycles. The number of ether oxygens (including phenoxy) is 1. The number of amides is 2. The number of carbonyl (C=O) groups excluding carboxylic acids is 2. The van der Waals surface area contributed by atoms with E-state index >= 15 is 0 Å². The molecule has 0 atom stereocenters. The van der Waals surface area contributed by atoms with E-state index in [-0.39, 0.29) is 30.0 Å². The second kappa shape index (κ2) is 10.6. The van der Waals surface area contributed by atoms with E-state index in [2.05, 4.69) is 10.5 Å². The Balaban J connectivity index is 1.64. The van der Waals surface area contributed by atoms with Gasteiger partial charge in [0, 0.05) is 24.7 Å². The van der Waals surface area contributed by atoms with E-state index in [1.165, 1.54) is 0 Å². The first-order valence-corrected chi connectivity index (χ1v) is 10.6. The molecular formula is C25H29N3O4. The summed E-state index contributed by atoms with van der Waals surface area (Å²) in [6, 6.07) is 16.5. The van der Waals surface area contributed by atoms with Gasteiger partial charge in [-0.15, -0.1) is 0 Å². The van der Waals surface area contributed by atoms with Gasteiger partial charge in [-0.3, -0.25) is 9.59 Å². The molecule has 0 unspecified atom stereocenters. The Kier molecular flexibility index (Phi) is 7.65. The van der Waals surface area contributed by atoms with Crippen LogP contribution in [-0.2, 0) is 13.1 Å². The Hall–Kier alpha value is -3.61. The average Bonchev–Trinajstić information content (AvgIpc) is 3.26. The number of hydrogen-bond acceptors (Lipinski definition) is 5. The molecule has 168 valence electrons. The number of benzene rings is 2. The average molecular weight is 436 g/mol. The summed E-state index contributed by atoms with van der Waals surface area (Å²) in [5.41, 5.74) is 2.83. The number of methoxy groups -OCH3 is 1. The van der Waals surface area contributed by atoms with Gasteiger partial charge in [-0.2, -0.15) is 0 Å². The van der Waals surface area contributed by atoms with Crippen molar-refractivity contribution in [2.75, 3.05) is 13.7 Å². The third-order valence-electron chi connectivity index (χ3n) is 4.92. The number of hydrogen-bond donors (Lipinski definition) is 1. The smallest absolute Gasteiger partial charge is 0.273 e. The van der Waals surface area contributed by atoms with Crippen LogP contribution in [0.3, 0.4) is 0 Å². The SMILES string of the molecule is COc1ccc(CNC(=O)c2cc(CN(CC(C)C)C(=O)c3ccc(C)cc3)on2)cc1. The lowest BCUT2D eigenvalue weighted by atomic mass is 10.1. The van der Waals surface area contributed by atoms with Crippen molar-refractivity contribution in [3.8, 4) is 5.75 Å². The van der Waals surface area contributed by atoms with Crippen LogP contribution in [0.25, 0.3) is 0 Å². The summed E-state index contributed by atoms with van der Waals surface area (Å²) in [7, 11) is 1.61. The van der Waals surface area contributed by atoms with Gasteiger partial charge >= 0.3 is 0 Å². The highest BCUT2D eigenvalue weighted by Crippen LogP contribution is 2.15. The molecule has 7 nitrogen and oxygen atoms in total. The first-order chi connectivity index (χ1) is 15.4. The lowest BCUT2D eigenvalue weighted by molar-refractivity contribution is 0.0705. The van der Waals surface area contributed by atoms with Crippen LogP contribution in [0, 0.1) is 12.8 Å². The molecule has 0 aliphatic heterocycles. The van der Waals surface area contributed by atoms with Gasteiger partial charge in [-0.1, -0.05) is 48.8 Å². The third-order valence-corrected chi connectivity index (χ3v) is 4.92. The van der Waals surface area contributed by atoms with E-state index in [0.29, 0.717) is 24.4 Å². The quantitative estimate of drug-likeness (QED) is 0.544. The summed E-state index contributed by atoms with van der Waals surface area (Å²) in [4.78, 5) is 27.2. The molecule has 0 spiro atoms. The molecule has 0 aliphatic carbocycles. The Bertz CT molecular complexity index is 1040. The maximum Gasteiger partial charge on any atom is 0.273 e. The molecule has 1 heterocycles. The molecule has 2 amide bonds. The number of aryl methyl sites for hydroxylation is 1. The first kappa shape index (κ1) is 23.1. The van der Waals surface area contributed by atoms with Crippen molar-refractivity contribution in [1.82, 2.24) is 15.4 Å². The lowest BCUT2D eigenvalue weighted by Crippen LogP contribution is -2.33. The fraction of sp³-hybridized carbons (Fsp3) is 0.320. The Morgan fingerprint density at radius 1 is 1.09 bits per heavy atom. The standard InChI is InChI=1S/C25H29N3O4/c1-17(2)15-28(25(30)20-9-5-18(3)6-10-20)16-22-13-23(27-32-22)24(29)26-14-19-7-11-21(31-4)12-8-19/h5-13,17H,14-16H2,1-4H3,(H,26,29). The van der Waals surface area contributed by atoms with E-state index in [4.69, 9.17) is 9.26 Å². The van der Waals surface area contributed by atoms with Crippen molar-refractivity contribution in [1.29, 1.82) is 0 Å².